The van der Waals surface area contributed by atoms with Crippen molar-refractivity contribution in [3.63, 3.8) is 0 Å². The maximum absolute atomic E-state index is 15.2. The van der Waals surface area contributed by atoms with Crippen molar-refractivity contribution >= 4 is 29.0 Å². The molecule has 0 aliphatic carbocycles. The molecule has 21 nitrogen and oxygen atoms in total. The molecular weight excluding hydrogens is 1120 g/mol. The van der Waals surface area contributed by atoms with Crippen LogP contribution in [0.2, 0.25) is 0 Å². The first-order valence-electron chi connectivity index (χ1n) is 27.6. The molecular formula is C61H66F4N14O7. The molecule has 4 bridgehead atoms. The highest BCUT2D eigenvalue weighted by atomic mass is 19.1. The van der Waals surface area contributed by atoms with E-state index in [1.165, 1.54) is 43.2 Å². The first kappa shape index (κ1) is 61.5. The molecule has 0 saturated carbocycles. The average molecular weight is 1180 g/mol. The van der Waals surface area contributed by atoms with Crippen LogP contribution in [0.25, 0.3) is 33.3 Å². The Hall–Kier alpha value is -9.01. The van der Waals surface area contributed by atoms with Gasteiger partial charge in [-0.25, -0.2) is 37.7 Å². The summed E-state index contributed by atoms with van der Waals surface area (Å²) >= 11 is 0. The first-order chi connectivity index (χ1) is 40.7. The summed E-state index contributed by atoms with van der Waals surface area (Å²) in [6, 6.07) is 19.1. The number of carbonyl (C=O) groups excluding carboxylic acids is 1. The molecule has 6 aliphatic rings. The van der Waals surface area contributed by atoms with Crippen LogP contribution in [0.3, 0.4) is 0 Å². The first-order valence-corrected chi connectivity index (χ1v) is 27.6. The van der Waals surface area contributed by atoms with Gasteiger partial charge in [-0.05, 0) is 108 Å². The van der Waals surface area contributed by atoms with Crippen LogP contribution >= 0.6 is 0 Å². The Kier molecular flexibility index (Phi) is 18.4. The van der Waals surface area contributed by atoms with Crippen LogP contribution in [-0.4, -0.2) is 149 Å². The lowest BCUT2D eigenvalue weighted by atomic mass is 9.87. The van der Waals surface area contributed by atoms with Gasteiger partial charge in [-0.3, -0.25) is 9.69 Å². The molecule has 8 aromatic heterocycles. The van der Waals surface area contributed by atoms with Crippen molar-refractivity contribution in [1.29, 1.82) is 10.5 Å². The van der Waals surface area contributed by atoms with Crippen molar-refractivity contribution in [2.24, 2.45) is 0 Å². The quantitative estimate of drug-likeness (QED) is 0.0442. The number of rotatable bonds is 17. The van der Waals surface area contributed by atoms with Gasteiger partial charge in [-0.1, -0.05) is 7.43 Å². The fourth-order valence-corrected chi connectivity index (χ4v) is 10.6. The van der Waals surface area contributed by atoms with E-state index < -0.39 is 34.7 Å². The third-order valence-electron chi connectivity index (χ3n) is 14.6. The fourth-order valence-electron chi connectivity index (χ4n) is 10.6. The number of nitrogens with zero attached hydrogens (tertiary/aromatic N) is 13. The number of pyridine rings is 6. The number of nitrogens with one attached hydrogen (secondary N) is 1. The minimum absolute atomic E-state index is 0. The van der Waals surface area contributed by atoms with Crippen molar-refractivity contribution < 1.29 is 51.5 Å². The Morgan fingerprint density at radius 1 is 0.640 bits per heavy atom. The molecule has 4 atom stereocenters. The van der Waals surface area contributed by atoms with E-state index in [1.54, 1.807) is 60.1 Å². The third kappa shape index (κ3) is 13.4. The summed E-state index contributed by atoms with van der Waals surface area (Å²) < 4.78 is 80.7. The molecule has 86 heavy (non-hydrogen) atoms. The van der Waals surface area contributed by atoms with Gasteiger partial charge in [0.05, 0.1) is 59.0 Å². The van der Waals surface area contributed by atoms with Crippen LogP contribution in [0.5, 0.6) is 23.3 Å². The zero-order chi connectivity index (χ0) is 60.3. The molecule has 8 aromatic rings. The maximum Gasteiger partial charge on any atom is 0.257 e. The molecule has 6 saturated heterocycles. The van der Waals surface area contributed by atoms with Crippen LogP contribution in [0.4, 0.5) is 29.2 Å². The molecule has 0 radical (unpaired) electrons. The Balaban J connectivity index is 0.000000175. The van der Waals surface area contributed by atoms with Gasteiger partial charge in [0.25, 0.3) is 11.9 Å². The SMILES string of the molecule is C.CC(C)(O)COc1cc(-c2ccc(N3CC4CC(C3)N4)nc2)c2c(C#N)cnn2c1F.CCOc1ncc(C=O)cc1F.CCOc1ncc(CN2C3CC2CN(c2ccc(-c4cc(OCC(C)(C)O)c(F)n5ncc(C#N)c45)cn2)C3)cc1F. The largest absolute Gasteiger partial charge is 0.486 e. The van der Waals surface area contributed by atoms with E-state index in [2.05, 4.69) is 57.3 Å². The predicted molar refractivity (Wildman–Crippen MR) is 310 cm³/mol. The molecule has 450 valence electrons. The van der Waals surface area contributed by atoms with Gasteiger partial charge in [0.15, 0.2) is 29.4 Å². The number of aldehydes is 1. The number of hydrogen-bond donors (Lipinski definition) is 3. The van der Waals surface area contributed by atoms with Crippen LogP contribution in [0.15, 0.2) is 85.7 Å². The van der Waals surface area contributed by atoms with E-state index >= 15 is 4.39 Å². The van der Waals surface area contributed by atoms with Crippen LogP contribution in [-0.2, 0) is 6.54 Å². The molecule has 14 rings (SSSR count). The fraction of sp³-hybridized carbons (Fsp3) is 0.393. The van der Waals surface area contributed by atoms with Gasteiger partial charge in [0.1, 0.15) is 37.0 Å². The molecule has 6 aliphatic heterocycles. The van der Waals surface area contributed by atoms with Crippen molar-refractivity contribution in [3.8, 4) is 57.7 Å². The Bertz CT molecular complexity index is 3790. The van der Waals surface area contributed by atoms with E-state index in [-0.39, 0.29) is 60.6 Å². The van der Waals surface area contributed by atoms with Crippen LogP contribution in [0, 0.1) is 46.2 Å². The van der Waals surface area contributed by atoms with Gasteiger partial charge in [-0.2, -0.15) is 29.5 Å². The van der Waals surface area contributed by atoms with Crippen molar-refractivity contribution in [2.45, 2.75) is 104 Å². The molecule has 6 fully saturated rings. The number of hydrogen-bond acceptors (Lipinski definition) is 19. The number of carbonyl (C=O) groups is 1. The molecule has 0 aromatic carbocycles. The number of piperidine rings is 2. The maximum atomic E-state index is 15.2. The molecule has 0 spiro atoms. The van der Waals surface area contributed by atoms with E-state index in [1.807, 2.05) is 24.3 Å². The lowest BCUT2D eigenvalue weighted by Gasteiger charge is -2.56. The number of aromatic nitrogens is 8. The number of halogens is 4. The normalized spacial score (nSPS) is 17.7. The summed E-state index contributed by atoms with van der Waals surface area (Å²) in [5.41, 5.74) is 2.39. The standard InChI is InChI=1S/C30H31F2N7O3.C22H23FN6O2.C8H8FNO2.CH4/c1-4-41-29-24(31)7-18(11-35-29)14-38-21-8-22(38)16-37(15-21)26-6-5-19(12-34-26)23-9-25(42-17-30(2,3)40)28(32)39-27(23)20(10-33)13-36-39;1-22(2,30)12-31-18-6-17(20-14(7-24)9-26-29(20)21(18)23)13-3-4-19(25-8-13)28-10-15-5-16(11-28)27-15;1-2-12-8-7(9)3-6(5-11)4-10-8;/h5-7,9,11-13,21-22,40H,4,8,14-17H2,1-3H3;3-4,6,8-9,15-16,27,30H,5,10-12H2,1-2H3;3-5H,2H2,1H3;1H4. The number of piperazine rings is 2. The van der Waals surface area contributed by atoms with Crippen molar-refractivity contribution in [1.82, 2.24) is 49.4 Å². The Morgan fingerprint density at radius 2 is 1.10 bits per heavy atom. The topological polar surface area (TPSA) is 250 Å². The van der Waals surface area contributed by atoms with Crippen LogP contribution < -0.4 is 34.1 Å². The highest BCUT2D eigenvalue weighted by Crippen LogP contribution is 2.39. The molecule has 0 amide bonds. The zero-order valence-electron chi connectivity index (χ0n) is 47.5. The van der Waals surface area contributed by atoms with Gasteiger partial charge >= 0.3 is 0 Å². The molecule has 4 unspecified atom stereocenters. The summed E-state index contributed by atoms with van der Waals surface area (Å²) in [5, 5.41) is 50.7. The number of ether oxygens (including phenoxy) is 4. The summed E-state index contributed by atoms with van der Waals surface area (Å²) in [6.45, 7) is 14.4. The highest BCUT2D eigenvalue weighted by molar-refractivity contribution is 5.86. The lowest BCUT2D eigenvalue weighted by Crippen LogP contribution is -2.68. The van der Waals surface area contributed by atoms with E-state index in [0.717, 1.165) is 70.5 Å². The number of anilines is 2. The molecule has 3 N–H and O–H groups in total. The van der Waals surface area contributed by atoms with Crippen molar-refractivity contribution in [3.05, 3.63) is 131 Å². The van der Waals surface area contributed by atoms with Gasteiger partial charge in [0.2, 0.25) is 11.8 Å². The second kappa shape index (κ2) is 25.7. The number of aliphatic hydroxyl groups is 2. The Labute approximate surface area is 494 Å². The highest BCUT2D eigenvalue weighted by Gasteiger charge is 2.45. The summed E-state index contributed by atoms with van der Waals surface area (Å²) in [4.78, 5) is 34.1. The summed E-state index contributed by atoms with van der Waals surface area (Å²) in [5.74, 6) is -1.01. The average Bonchev–Trinajstić information content (AvgIpc) is 2.43. The smallest absolute Gasteiger partial charge is 0.257 e. The Morgan fingerprint density at radius 3 is 1.51 bits per heavy atom. The van der Waals surface area contributed by atoms with E-state index in [4.69, 9.17) is 23.9 Å². The minimum Gasteiger partial charge on any atom is -0.486 e. The van der Waals surface area contributed by atoms with Gasteiger partial charge in [-0.15, -0.1) is 0 Å². The monoisotopic (exact) mass is 1180 g/mol. The second-order valence-electron chi connectivity index (χ2n) is 22.3. The van der Waals surface area contributed by atoms with Crippen LogP contribution in [0.1, 0.15) is 88.9 Å². The molecule has 25 heteroatoms. The van der Waals surface area contributed by atoms with E-state index in [0.29, 0.717) is 77.9 Å². The predicted octanol–water partition coefficient (Wildman–Crippen LogP) is 8.13. The third-order valence-corrected chi connectivity index (χ3v) is 14.6. The van der Waals surface area contributed by atoms with Gasteiger partial charge < -0.3 is 44.3 Å². The summed E-state index contributed by atoms with van der Waals surface area (Å²) in [6.07, 6.45) is 11.8. The zero-order valence-corrected chi connectivity index (χ0v) is 47.5. The summed E-state index contributed by atoms with van der Waals surface area (Å²) in [7, 11) is 0. The van der Waals surface area contributed by atoms with Crippen molar-refractivity contribution in [2.75, 3.05) is 62.4 Å². The number of nitriles is 2. The second-order valence-corrected chi connectivity index (χ2v) is 22.3. The van der Waals surface area contributed by atoms with E-state index in [9.17, 15) is 38.7 Å². The van der Waals surface area contributed by atoms with Gasteiger partial charge in [0, 0.05) is 109 Å². The number of fused-ring (bicyclic) bond motifs is 6. The molecule has 14 heterocycles. The minimum atomic E-state index is -1.17. The lowest BCUT2D eigenvalue weighted by molar-refractivity contribution is -0.00884.